The summed E-state index contributed by atoms with van der Waals surface area (Å²) in [6, 6.07) is 2.45. The molecule has 144 valence electrons. The highest BCUT2D eigenvalue weighted by Crippen LogP contribution is 2.33. The molecule has 2 fully saturated rings. The van der Waals surface area contributed by atoms with Gasteiger partial charge in [-0.3, -0.25) is 0 Å². The maximum atomic E-state index is 12.0. The molecule has 0 aliphatic carbocycles. The summed E-state index contributed by atoms with van der Waals surface area (Å²) in [4.78, 5) is 16.4. The van der Waals surface area contributed by atoms with Crippen molar-refractivity contribution in [2.45, 2.75) is 51.0 Å². The van der Waals surface area contributed by atoms with Crippen molar-refractivity contribution in [2.24, 2.45) is 0 Å². The summed E-state index contributed by atoms with van der Waals surface area (Å²) in [5, 5.41) is 8.36. The molecule has 3 rings (SSSR count). The third kappa shape index (κ3) is 4.44. The van der Waals surface area contributed by atoms with Crippen molar-refractivity contribution < 1.29 is 14.3 Å². The summed E-state index contributed by atoms with van der Waals surface area (Å²) in [7, 11) is 1.69. The largest absolute Gasteiger partial charge is 0.495 e. The van der Waals surface area contributed by atoms with Crippen LogP contribution in [0.3, 0.4) is 0 Å². The number of carbonyl (C=O) groups excluding carboxylic acids is 1. The molecule has 1 atom stereocenters. The first-order valence-corrected chi connectivity index (χ1v) is 9.74. The van der Waals surface area contributed by atoms with Crippen LogP contribution in [0.4, 0.5) is 4.79 Å². The van der Waals surface area contributed by atoms with Gasteiger partial charge in [0.2, 0.25) is 0 Å². The van der Waals surface area contributed by atoms with E-state index >= 15 is 0 Å². The quantitative estimate of drug-likeness (QED) is 0.820. The van der Waals surface area contributed by atoms with E-state index < -0.39 is 0 Å². The van der Waals surface area contributed by atoms with E-state index in [1.807, 2.05) is 17.9 Å². The van der Waals surface area contributed by atoms with Crippen molar-refractivity contribution in [3.8, 4) is 5.75 Å². The minimum atomic E-state index is -0.165. The van der Waals surface area contributed by atoms with Crippen LogP contribution in [0.25, 0.3) is 0 Å². The Balaban J connectivity index is 1.53. The number of methoxy groups -OCH3 is 1. The Morgan fingerprint density at radius 3 is 2.73 bits per heavy atom. The van der Waals surface area contributed by atoms with Crippen LogP contribution in [0.15, 0.2) is 12.3 Å². The van der Waals surface area contributed by atoms with Crippen LogP contribution >= 0.6 is 0 Å². The standard InChI is InChI=1S/C19H30N4O3/c1-3-26-19(24)23-11-4-5-16(9-14-23)22-12-7-15(8-13-22)18-17(25-2)6-10-20-21-18/h6,10,15-16H,3-5,7-9,11-14H2,1-2H3. The van der Waals surface area contributed by atoms with Gasteiger partial charge in [0, 0.05) is 31.1 Å². The van der Waals surface area contributed by atoms with Gasteiger partial charge in [-0.25, -0.2) is 4.79 Å². The van der Waals surface area contributed by atoms with Crippen molar-refractivity contribution in [3.63, 3.8) is 0 Å². The first kappa shape index (κ1) is 18.9. The minimum absolute atomic E-state index is 0.165. The lowest BCUT2D eigenvalue weighted by Gasteiger charge is -2.37. The molecule has 1 amide bonds. The normalized spacial score (nSPS) is 22.7. The average Bonchev–Trinajstić information content (AvgIpc) is 2.94. The number of hydrogen-bond acceptors (Lipinski definition) is 6. The van der Waals surface area contributed by atoms with Gasteiger partial charge in [-0.15, -0.1) is 0 Å². The number of carbonyl (C=O) groups is 1. The van der Waals surface area contributed by atoms with E-state index in [0.29, 0.717) is 18.6 Å². The van der Waals surface area contributed by atoms with Gasteiger partial charge in [0.15, 0.2) is 0 Å². The van der Waals surface area contributed by atoms with Gasteiger partial charge in [-0.2, -0.15) is 10.2 Å². The highest BCUT2D eigenvalue weighted by Gasteiger charge is 2.30. The highest BCUT2D eigenvalue weighted by atomic mass is 16.6. The maximum Gasteiger partial charge on any atom is 0.409 e. The Labute approximate surface area is 155 Å². The summed E-state index contributed by atoms with van der Waals surface area (Å²) in [6.07, 6.45) is 6.88. The van der Waals surface area contributed by atoms with Gasteiger partial charge in [0.1, 0.15) is 11.4 Å². The second kappa shape index (κ2) is 9.16. The van der Waals surface area contributed by atoms with Crippen molar-refractivity contribution in [1.82, 2.24) is 20.0 Å². The number of aromatic nitrogens is 2. The molecule has 0 aromatic carbocycles. The number of nitrogens with zero attached hydrogens (tertiary/aromatic N) is 4. The maximum absolute atomic E-state index is 12.0. The molecule has 1 aromatic rings. The molecule has 2 aliphatic rings. The minimum Gasteiger partial charge on any atom is -0.495 e. The van der Waals surface area contributed by atoms with Crippen LogP contribution in [-0.4, -0.2) is 72.0 Å². The zero-order valence-electron chi connectivity index (χ0n) is 15.9. The molecule has 0 spiro atoms. The Bertz CT molecular complexity index is 590. The number of ether oxygens (including phenoxy) is 2. The fourth-order valence-corrected chi connectivity index (χ4v) is 4.17. The molecule has 1 aromatic heterocycles. The molecule has 7 heteroatoms. The summed E-state index contributed by atoms with van der Waals surface area (Å²) in [6.45, 7) is 6.03. The van der Waals surface area contributed by atoms with Crippen LogP contribution in [0.5, 0.6) is 5.75 Å². The number of amides is 1. The number of rotatable bonds is 4. The molecule has 1 unspecified atom stereocenters. The van der Waals surface area contributed by atoms with Crippen LogP contribution in [0, 0.1) is 0 Å². The van der Waals surface area contributed by atoms with Gasteiger partial charge in [-0.1, -0.05) is 0 Å². The van der Waals surface area contributed by atoms with Crippen molar-refractivity contribution in [2.75, 3.05) is 39.9 Å². The smallest absolute Gasteiger partial charge is 0.409 e. The van der Waals surface area contributed by atoms with E-state index in [-0.39, 0.29) is 6.09 Å². The van der Waals surface area contributed by atoms with E-state index in [1.54, 1.807) is 13.3 Å². The van der Waals surface area contributed by atoms with Crippen molar-refractivity contribution in [1.29, 1.82) is 0 Å². The van der Waals surface area contributed by atoms with Gasteiger partial charge in [0.25, 0.3) is 0 Å². The lowest BCUT2D eigenvalue weighted by molar-refractivity contribution is 0.105. The Morgan fingerprint density at radius 2 is 2.00 bits per heavy atom. The number of piperidine rings is 1. The molecule has 2 aliphatic heterocycles. The predicted octanol–water partition coefficient (Wildman–Crippen LogP) is 2.68. The van der Waals surface area contributed by atoms with Gasteiger partial charge in [-0.05, 0) is 52.1 Å². The number of hydrogen-bond donors (Lipinski definition) is 0. The lowest BCUT2D eigenvalue weighted by atomic mass is 9.91. The first-order valence-electron chi connectivity index (χ1n) is 9.74. The molecule has 0 bridgehead atoms. The molecule has 7 nitrogen and oxygen atoms in total. The fraction of sp³-hybridized carbons (Fsp3) is 0.737. The van der Waals surface area contributed by atoms with E-state index in [0.717, 1.165) is 69.7 Å². The molecule has 26 heavy (non-hydrogen) atoms. The Morgan fingerprint density at radius 1 is 1.19 bits per heavy atom. The molecule has 2 saturated heterocycles. The third-order valence-corrected chi connectivity index (χ3v) is 5.59. The second-order valence-electron chi connectivity index (χ2n) is 7.07. The van der Waals surface area contributed by atoms with E-state index in [1.165, 1.54) is 0 Å². The topological polar surface area (TPSA) is 67.8 Å². The van der Waals surface area contributed by atoms with E-state index in [4.69, 9.17) is 9.47 Å². The molecule has 0 radical (unpaired) electrons. The lowest BCUT2D eigenvalue weighted by Crippen LogP contribution is -2.42. The van der Waals surface area contributed by atoms with E-state index in [2.05, 4.69) is 15.1 Å². The highest BCUT2D eigenvalue weighted by molar-refractivity contribution is 5.67. The first-order chi connectivity index (χ1) is 12.7. The average molecular weight is 362 g/mol. The molecule has 0 saturated carbocycles. The molecule has 3 heterocycles. The Kier molecular flexibility index (Phi) is 6.66. The summed E-state index contributed by atoms with van der Waals surface area (Å²) < 4.78 is 10.6. The third-order valence-electron chi connectivity index (χ3n) is 5.59. The summed E-state index contributed by atoms with van der Waals surface area (Å²) in [5.41, 5.74) is 0.990. The summed E-state index contributed by atoms with van der Waals surface area (Å²) in [5.74, 6) is 1.26. The van der Waals surface area contributed by atoms with Crippen LogP contribution in [0.2, 0.25) is 0 Å². The van der Waals surface area contributed by atoms with Gasteiger partial charge < -0.3 is 19.3 Å². The van der Waals surface area contributed by atoms with Crippen LogP contribution in [-0.2, 0) is 4.74 Å². The van der Waals surface area contributed by atoms with Gasteiger partial charge in [0.05, 0.1) is 19.9 Å². The second-order valence-corrected chi connectivity index (χ2v) is 7.07. The van der Waals surface area contributed by atoms with Crippen LogP contribution in [0.1, 0.15) is 50.6 Å². The van der Waals surface area contributed by atoms with Gasteiger partial charge >= 0.3 is 6.09 Å². The van der Waals surface area contributed by atoms with Crippen molar-refractivity contribution >= 4 is 6.09 Å². The molecular formula is C19H30N4O3. The Hall–Kier alpha value is -1.89. The number of likely N-dealkylation sites (tertiary alicyclic amines) is 2. The monoisotopic (exact) mass is 362 g/mol. The molecule has 0 N–H and O–H groups in total. The SMILES string of the molecule is CCOC(=O)N1CCCC(N2CCC(c3nnccc3OC)CC2)CC1. The van der Waals surface area contributed by atoms with Crippen LogP contribution < -0.4 is 4.74 Å². The fourth-order valence-electron chi connectivity index (χ4n) is 4.17. The van der Waals surface area contributed by atoms with Crippen molar-refractivity contribution in [3.05, 3.63) is 18.0 Å². The zero-order valence-corrected chi connectivity index (χ0v) is 15.9. The predicted molar refractivity (Wildman–Crippen MR) is 98.4 cm³/mol. The zero-order chi connectivity index (χ0) is 18.4. The van der Waals surface area contributed by atoms with E-state index in [9.17, 15) is 4.79 Å². The summed E-state index contributed by atoms with van der Waals surface area (Å²) >= 11 is 0. The molecular weight excluding hydrogens is 332 g/mol.